The molecule has 1 aromatic heterocycles. The number of thiazole rings is 1. The van der Waals surface area contributed by atoms with Gasteiger partial charge in [0.15, 0.2) is 10.8 Å². The Morgan fingerprint density at radius 3 is 3.00 bits per heavy atom. The summed E-state index contributed by atoms with van der Waals surface area (Å²) < 4.78 is 4.61. The minimum Gasteiger partial charge on any atom is -0.464 e. The van der Waals surface area contributed by atoms with Crippen LogP contribution < -0.4 is 10.2 Å². The summed E-state index contributed by atoms with van der Waals surface area (Å²) in [5, 5.41) is 5.91. The quantitative estimate of drug-likeness (QED) is 0.738. The monoisotopic (exact) mass is 227 g/mol. The first-order chi connectivity index (χ1) is 7.31. The van der Waals surface area contributed by atoms with Crippen molar-refractivity contribution in [3.8, 4) is 0 Å². The Balaban J connectivity index is 2.08. The molecule has 0 spiro atoms. The van der Waals surface area contributed by atoms with E-state index in [0.717, 1.165) is 31.3 Å². The summed E-state index contributed by atoms with van der Waals surface area (Å²) in [4.78, 5) is 17.6. The zero-order valence-corrected chi connectivity index (χ0v) is 9.34. The molecule has 0 aliphatic carbocycles. The lowest BCUT2D eigenvalue weighted by molar-refractivity contribution is 0.0595. The number of carbonyl (C=O) groups excluding carboxylic acids is 1. The Morgan fingerprint density at radius 2 is 2.33 bits per heavy atom. The second-order valence-corrected chi connectivity index (χ2v) is 4.08. The van der Waals surface area contributed by atoms with Crippen molar-refractivity contribution < 1.29 is 9.53 Å². The van der Waals surface area contributed by atoms with Crippen LogP contribution in [-0.4, -0.2) is 44.2 Å². The largest absolute Gasteiger partial charge is 0.464 e. The van der Waals surface area contributed by atoms with Crippen LogP contribution in [0.15, 0.2) is 5.38 Å². The highest BCUT2D eigenvalue weighted by Crippen LogP contribution is 2.20. The number of aromatic nitrogens is 1. The molecule has 0 aromatic carbocycles. The average molecular weight is 227 g/mol. The van der Waals surface area contributed by atoms with Gasteiger partial charge in [-0.25, -0.2) is 9.78 Å². The summed E-state index contributed by atoms with van der Waals surface area (Å²) in [6, 6.07) is 0. The number of carbonyl (C=O) groups is 1. The highest BCUT2D eigenvalue weighted by molar-refractivity contribution is 7.13. The molecule has 2 rings (SSSR count). The molecule has 82 valence electrons. The summed E-state index contributed by atoms with van der Waals surface area (Å²) in [6.07, 6.45) is 0. The van der Waals surface area contributed by atoms with Crippen LogP contribution in [0.4, 0.5) is 5.13 Å². The summed E-state index contributed by atoms with van der Waals surface area (Å²) >= 11 is 1.49. The van der Waals surface area contributed by atoms with Crippen LogP contribution >= 0.6 is 11.3 Å². The Hall–Kier alpha value is -1.14. The number of rotatable bonds is 2. The van der Waals surface area contributed by atoms with E-state index in [1.807, 2.05) is 0 Å². The molecule has 1 fully saturated rings. The maximum atomic E-state index is 11.2. The molecule has 0 amide bonds. The van der Waals surface area contributed by atoms with Gasteiger partial charge in [0.05, 0.1) is 7.11 Å². The van der Waals surface area contributed by atoms with Gasteiger partial charge in [-0.05, 0) is 0 Å². The molecule has 1 aliphatic rings. The molecule has 1 aliphatic heterocycles. The molecule has 0 unspecified atom stereocenters. The number of nitrogens with one attached hydrogen (secondary N) is 1. The number of ether oxygens (including phenoxy) is 1. The van der Waals surface area contributed by atoms with Crippen LogP contribution in [0.1, 0.15) is 10.5 Å². The van der Waals surface area contributed by atoms with Crippen molar-refractivity contribution in [3.63, 3.8) is 0 Å². The molecule has 1 saturated heterocycles. The number of methoxy groups -OCH3 is 1. The van der Waals surface area contributed by atoms with E-state index < -0.39 is 0 Å². The van der Waals surface area contributed by atoms with Gasteiger partial charge in [0.25, 0.3) is 0 Å². The highest BCUT2D eigenvalue weighted by atomic mass is 32.1. The lowest BCUT2D eigenvalue weighted by Crippen LogP contribution is -2.43. The Bertz CT molecular complexity index is 347. The summed E-state index contributed by atoms with van der Waals surface area (Å²) in [5.41, 5.74) is 0.399. The minimum absolute atomic E-state index is 0.368. The molecule has 0 bridgehead atoms. The third-order valence-corrected chi connectivity index (χ3v) is 3.18. The first-order valence-corrected chi connectivity index (χ1v) is 5.69. The summed E-state index contributed by atoms with van der Waals surface area (Å²) in [5.74, 6) is -0.368. The standard InChI is InChI=1S/C9H13N3O2S/c1-14-8(13)7-6-15-9(11-7)12-4-2-10-3-5-12/h6,10H,2-5H2,1H3. The van der Waals surface area contributed by atoms with Gasteiger partial charge in [-0.3, -0.25) is 0 Å². The van der Waals surface area contributed by atoms with Gasteiger partial charge in [0, 0.05) is 31.6 Å². The molecule has 1 aromatic rings. The lowest BCUT2D eigenvalue weighted by atomic mass is 10.4. The van der Waals surface area contributed by atoms with Crippen LogP contribution in [-0.2, 0) is 4.74 Å². The Morgan fingerprint density at radius 1 is 1.60 bits per heavy atom. The molecule has 15 heavy (non-hydrogen) atoms. The fourth-order valence-corrected chi connectivity index (χ4v) is 2.31. The molecule has 6 heteroatoms. The van der Waals surface area contributed by atoms with Gasteiger partial charge in [-0.15, -0.1) is 11.3 Å². The predicted molar refractivity (Wildman–Crippen MR) is 58.5 cm³/mol. The van der Waals surface area contributed by atoms with Gasteiger partial charge < -0.3 is 15.0 Å². The van der Waals surface area contributed by atoms with Crippen LogP contribution in [0, 0.1) is 0 Å². The number of hydrogen-bond donors (Lipinski definition) is 1. The molecule has 5 nitrogen and oxygen atoms in total. The number of nitrogens with zero attached hydrogens (tertiary/aromatic N) is 2. The Labute approximate surface area is 92.1 Å². The van der Waals surface area contributed by atoms with E-state index in [1.165, 1.54) is 18.4 Å². The van der Waals surface area contributed by atoms with Gasteiger partial charge in [0.1, 0.15) is 0 Å². The van der Waals surface area contributed by atoms with Crippen LogP contribution in [0.25, 0.3) is 0 Å². The fraction of sp³-hybridized carbons (Fsp3) is 0.556. The number of esters is 1. The van der Waals surface area contributed by atoms with E-state index in [2.05, 4.69) is 19.9 Å². The second-order valence-electron chi connectivity index (χ2n) is 3.24. The SMILES string of the molecule is COC(=O)c1csc(N2CCNCC2)n1. The number of hydrogen-bond acceptors (Lipinski definition) is 6. The van der Waals surface area contributed by atoms with Crippen LogP contribution in [0.5, 0.6) is 0 Å². The molecular formula is C9H13N3O2S. The zero-order chi connectivity index (χ0) is 10.7. The van der Waals surface area contributed by atoms with Crippen molar-refractivity contribution >= 4 is 22.4 Å². The lowest BCUT2D eigenvalue weighted by Gasteiger charge is -2.26. The van der Waals surface area contributed by atoms with Crippen molar-refractivity contribution in [2.24, 2.45) is 0 Å². The minimum atomic E-state index is -0.368. The summed E-state index contributed by atoms with van der Waals surface area (Å²) in [7, 11) is 1.37. The van der Waals surface area contributed by atoms with Crippen molar-refractivity contribution in [1.82, 2.24) is 10.3 Å². The van der Waals surface area contributed by atoms with E-state index >= 15 is 0 Å². The molecule has 1 N–H and O–H groups in total. The van der Waals surface area contributed by atoms with Crippen molar-refractivity contribution in [3.05, 3.63) is 11.1 Å². The topological polar surface area (TPSA) is 54.5 Å². The van der Waals surface area contributed by atoms with E-state index in [1.54, 1.807) is 5.38 Å². The normalized spacial score (nSPS) is 16.5. The molecular weight excluding hydrogens is 214 g/mol. The maximum Gasteiger partial charge on any atom is 0.357 e. The second kappa shape index (κ2) is 4.59. The van der Waals surface area contributed by atoms with E-state index in [4.69, 9.17) is 0 Å². The van der Waals surface area contributed by atoms with Crippen molar-refractivity contribution in [2.75, 3.05) is 38.2 Å². The van der Waals surface area contributed by atoms with E-state index in [9.17, 15) is 4.79 Å². The van der Waals surface area contributed by atoms with Gasteiger partial charge >= 0.3 is 5.97 Å². The smallest absolute Gasteiger partial charge is 0.357 e. The first-order valence-electron chi connectivity index (χ1n) is 4.81. The fourth-order valence-electron chi connectivity index (χ4n) is 1.46. The summed E-state index contributed by atoms with van der Waals surface area (Å²) in [6.45, 7) is 3.81. The molecule has 2 heterocycles. The van der Waals surface area contributed by atoms with E-state index in [-0.39, 0.29) is 5.97 Å². The predicted octanol–water partition coefficient (Wildman–Crippen LogP) is 0.339. The van der Waals surface area contributed by atoms with Crippen molar-refractivity contribution in [1.29, 1.82) is 0 Å². The third-order valence-electron chi connectivity index (χ3n) is 2.27. The third kappa shape index (κ3) is 2.27. The highest BCUT2D eigenvalue weighted by Gasteiger charge is 2.16. The molecule has 0 atom stereocenters. The van der Waals surface area contributed by atoms with Crippen molar-refractivity contribution in [2.45, 2.75) is 0 Å². The number of anilines is 1. The van der Waals surface area contributed by atoms with Gasteiger partial charge in [0.2, 0.25) is 0 Å². The average Bonchev–Trinajstić information content (AvgIpc) is 2.78. The number of piperazine rings is 1. The van der Waals surface area contributed by atoms with E-state index in [0.29, 0.717) is 5.69 Å². The van der Waals surface area contributed by atoms with Crippen LogP contribution in [0.3, 0.4) is 0 Å². The zero-order valence-electron chi connectivity index (χ0n) is 8.52. The Kier molecular flexibility index (Phi) is 3.17. The molecule has 0 saturated carbocycles. The molecule has 0 radical (unpaired) electrons. The van der Waals surface area contributed by atoms with Crippen LogP contribution in [0.2, 0.25) is 0 Å². The maximum absolute atomic E-state index is 11.2. The van der Waals surface area contributed by atoms with Gasteiger partial charge in [-0.2, -0.15) is 0 Å². The first kappa shape index (κ1) is 10.4. The van der Waals surface area contributed by atoms with Gasteiger partial charge in [-0.1, -0.05) is 0 Å².